The second-order valence-corrected chi connectivity index (χ2v) is 8.63. The fraction of sp³-hybridized carbons (Fsp3) is 0.267. The number of fused-ring (bicyclic) bond motifs is 1. The molecule has 0 radical (unpaired) electrons. The van der Waals surface area contributed by atoms with Gasteiger partial charge in [-0.2, -0.15) is 8.78 Å². The Morgan fingerprint density at radius 2 is 1.26 bits per heavy atom. The van der Waals surface area contributed by atoms with Crippen LogP contribution in [0.5, 0.6) is 5.75 Å². The van der Waals surface area contributed by atoms with E-state index in [0.29, 0.717) is 5.39 Å². The quantitative estimate of drug-likeness (QED) is 0.213. The van der Waals surface area contributed by atoms with Crippen molar-refractivity contribution in [1.82, 2.24) is 0 Å². The van der Waals surface area contributed by atoms with E-state index in [1.54, 1.807) is 18.2 Å². The molecule has 4 rings (SSSR count). The van der Waals surface area contributed by atoms with E-state index in [1.165, 1.54) is 49.3 Å². The van der Waals surface area contributed by atoms with Crippen molar-refractivity contribution in [3.05, 3.63) is 90.2 Å². The number of rotatable bonds is 10. The first-order chi connectivity index (χ1) is 16.5. The van der Waals surface area contributed by atoms with Gasteiger partial charge >= 0.3 is 6.61 Å². The summed E-state index contributed by atoms with van der Waals surface area (Å²) in [6.45, 7) is -0.823. The van der Waals surface area contributed by atoms with Gasteiger partial charge in [0.1, 0.15) is 0 Å². The second-order valence-electron chi connectivity index (χ2n) is 8.63. The first-order valence-corrected chi connectivity index (χ1v) is 11.9. The maximum Gasteiger partial charge on any atom is 0.387 e. The van der Waals surface area contributed by atoms with Gasteiger partial charge < -0.3 is 4.74 Å². The molecule has 0 spiro atoms. The number of halogens is 3. The summed E-state index contributed by atoms with van der Waals surface area (Å²) in [5, 5.41) is 0.884. The summed E-state index contributed by atoms with van der Waals surface area (Å²) in [7, 11) is 0. The van der Waals surface area contributed by atoms with E-state index in [2.05, 4.69) is 48.1 Å². The van der Waals surface area contributed by atoms with E-state index in [1.807, 2.05) is 18.2 Å². The highest BCUT2D eigenvalue weighted by Gasteiger charge is 2.13. The molecule has 176 valence electrons. The Labute approximate surface area is 199 Å². The molecule has 1 nitrogen and oxygen atoms in total. The minimum Gasteiger partial charge on any atom is -0.432 e. The van der Waals surface area contributed by atoms with Crippen LogP contribution in [0.4, 0.5) is 13.2 Å². The third-order valence-corrected chi connectivity index (χ3v) is 6.21. The van der Waals surface area contributed by atoms with Crippen LogP contribution in [0.15, 0.2) is 78.9 Å². The standard InChI is InChI=1S/C30H29F3O/c1-2-3-4-5-6-7-21-8-10-22(11-9-21)23-12-14-24(15-13-23)25-16-18-27-26(20-25)17-19-28(29(27)31)34-30(32)33/h8-20,30H,2-7H2,1H3. The summed E-state index contributed by atoms with van der Waals surface area (Å²) in [5.41, 5.74) is 5.62. The Morgan fingerprint density at radius 3 is 1.91 bits per heavy atom. The molecule has 0 heterocycles. The predicted molar refractivity (Wildman–Crippen MR) is 134 cm³/mol. The van der Waals surface area contributed by atoms with Crippen LogP contribution in [0, 0.1) is 5.82 Å². The minimum absolute atomic E-state index is 0.254. The summed E-state index contributed by atoms with van der Waals surface area (Å²) in [6.07, 6.45) is 7.57. The van der Waals surface area contributed by atoms with Crippen molar-refractivity contribution in [2.24, 2.45) is 0 Å². The molecule has 0 amide bonds. The molecule has 0 bridgehead atoms. The topological polar surface area (TPSA) is 9.23 Å². The highest BCUT2D eigenvalue weighted by Crippen LogP contribution is 2.32. The van der Waals surface area contributed by atoms with Gasteiger partial charge in [0.15, 0.2) is 11.6 Å². The monoisotopic (exact) mass is 462 g/mol. The molecule has 4 aromatic carbocycles. The van der Waals surface area contributed by atoms with Crippen LogP contribution in [0.25, 0.3) is 33.0 Å². The lowest BCUT2D eigenvalue weighted by atomic mass is 9.97. The summed E-state index contributed by atoms with van der Waals surface area (Å²) >= 11 is 0. The fourth-order valence-electron chi connectivity index (χ4n) is 4.29. The van der Waals surface area contributed by atoms with Gasteiger partial charge in [-0.3, -0.25) is 0 Å². The van der Waals surface area contributed by atoms with Gasteiger partial charge in [0, 0.05) is 5.39 Å². The van der Waals surface area contributed by atoms with Crippen LogP contribution in [-0.2, 0) is 6.42 Å². The van der Waals surface area contributed by atoms with Crippen molar-refractivity contribution < 1.29 is 17.9 Å². The van der Waals surface area contributed by atoms with Crippen LogP contribution >= 0.6 is 0 Å². The number of aryl methyl sites for hydroxylation is 1. The molecule has 0 fully saturated rings. The molecule has 0 aliphatic rings. The highest BCUT2D eigenvalue weighted by molar-refractivity contribution is 5.89. The van der Waals surface area contributed by atoms with Crippen molar-refractivity contribution in [2.75, 3.05) is 0 Å². The molecule has 0 N–H and O–H groups in total. The molecule has 0 saturated carbocycles. The second kappa shape index (κ2) is 11.2. The lowest BCUT2D eigenvalue weighted by molar-refractivity contribution is -0.0520. The Balaban J connectivity index is 1.46. The SMILES string of the molecule is CCCCCCCc1ccc(-c2ccc(-c3ccc4c(F)c(OC(F)F)ccc4c3)cc2)cc1. The van der Waals surface area contributed by atoms with E-state index < -0.39 is 18.2 Å². The number of ether oxygens (including phenoxy) is 1. The highest BCUT2D eigenvalue weighted by atomic mass is 19.3. The van der Waals surface area contributed by atoms with E-state index in [9.17, 15) is 13.2 Å². The minimum atomic E-state index is -3.06. The summed E-state index contributed by atoms with van der Waals surface area (Å²) in [6, 6.07) is 25.1. The zero-order valence-corrected chi connectivity index (χ0v) is 19.4. The van der Waals surface area contributed by atoms with Crippen LogP contribution in [-0.4, -0.2) is 6.61 Å². The maximum atomic E-state index is 14.5. The molecular formula is C30H29F3O. The van der Waals surface area contributed by atoms with Crippen molar-refractivity contribution in [3.8, 4) is 28.0 Å². The van der Waals surface area contributed by atoms with Crippen molar-refractivity contribution in [2.45, 2.75) is 52.1 Å². The predicted octanol–water partition coefficient (Wildman–Crippen LogP) is 9.43. The first kappa shape index (κ1) is 23.9. The summed E-state index contributed by atoms with van der Waals surface area (Å²) in [4.78, 5) is 0. The number of benzene rings is 4. The van der Waals surface area contributed by atoms with Crippen LogP contribution < -0.4 is 4.74 Å². The molecule has 34 heavy (non-hydrogen) atoms. The summed E-state index contributed by atoms with van der Waals surface area (Å²) in [5.74, 6) is -1.22. The van der Waals surface area contributed by atoms with E-state index >= 15 is 0 Å². The number of hydrogen-bond donors (Lipinski definition) is 0. The molecule has 0 unspecified atom stereocenters. The van der Waals surface area contributed by atoms with E-state index in [-0.39, 0.29) is 5.39 Å². The number of hydrogen-bond acceptors (Lipinski definition) is 1. The zero-order chi connectivity index (χ0) is 23.9. The third kappa shape index (κ3) is 5.80. The maximum absolute atomic E-state index is 14.5. The van der Waals surface area contributed by atoms with Crippen molar-refractivity contribution >= 4 is 10.8 Å². The molecule has 0 aromatic heterocycles. The zero-order valence-electron chi connectivity index (χ0n) is 19.4. The van der Waals surface area contributed by atoms with Crippen LogP contribution in [0.3, 0.4) is 0 Å². The van der Waals surface area contributed by atoms with Crippen LogP contribution in [0.1, 0.15) is 44.6 Å². The van der Waals surface area contributed by atoms with Gasteiger partial charge in [-0.25, -0.2) is 4.39 Å². The average Bonchev–Trinajstić information content (AvgIpc) is 2.86. The smallest absolute Gasteiger partial charge is 0.387 e. The van der Waals surface area contributed by atoms with E-state index in [0.717, 1.165) is 23.1 Å². The molecule has 4 heteroatoms. The van der Waals surface area contributed by atoms with Gasteiger partial charge in [0.05, 0.1) is 0 Å². The Morgan fingerprint density at radius 1 is 0.676 bits per heavy atom. The Hall–Kier alpha value is -3.27. The Kier molecular flexibility index (Phi) is 7.89. The van der Waals surface area contributed by atoms with Gasteiger partial charge in [0.2, 0.25) is 0 Å². The number of alkyl halides is 2. The van der Waals surface area contributed by atoms with Gasteiger partial charge in [-0.1, -0.05) is 99.3 Å². The molecule has 0 saturated heterocycles. The Bertz CT molecular complexity index is 1210. The molecular weight excluding hydrogens is 433 g/mol. The largest absolute Gasteiger partial charge is 0.432 e. The van der Waals surface area contributed by atoms with Gasteiger partial charge in [-0.05, 0) is 58.2 Å². The van der Waals surface area contributed by atoms with Gasteiger partial charge in [0.25, 0.3) is 0 Å². The molecule has 0 atom stereocenters. The number of unbranched alkanes of at least 4 members (excludes halogenated alkanes) is 4. The summed E-state index contributed by atoms with van der Waals surface area (Å²) < 4.78 is 43.7. The molecule has 4 aromatic rings. The first-order valence-electron chi connectivity index (χ1n) is 11.9. The normalized spacial score (nSPS) is 11.3. The average molecular weight is 463 g/mol. The molecule has 0 aliphatic heterocycles. The fourth-order valence-corrected chi connectivity index (χ4v) is 4.29. The van der Waals surface area contributed by atoms with Crippen molar-refractivity contribution in [1.29, 1.82) is 0 Å². The van der Waals surface area contributed by atoms with E-state index in [4.69, 9.17) is 0 Å². The lowest BCUT2D eigenvalue weighted by Gasteiger charge is -2.10. The lowest BCUT2D eigenvalue weighted by Crippen LogP contribution is -2.03. The third-order valence-electron chi connectivity index (χ3n) is 6.21. The van der Waals surface area contributed by atoms with Crippen molar-refractivity contribution in [3.63, 3.8) is 0 Å². The molecule has 0 aliphatic carbocycles. The van der Waals surface area contributed by atoms with Gasteiger partial charge in [-0.15, -0.1) is 0 Å². The van der Waals surface area contributed by atoms with Crippen LogP contribution in [0.2, 0.25) is 0 Å².